The molecule has 0 unspecified atom stereocenters. The minimum atomic E-state index is 0.0593. The maximum absolute atomic E-state index is 8.88. The van der Waals surface area contributed by atoms with Crippen LogP contribution in [0.25, 0.3) is 17.4 Å². The van der Waals surface area contributed by atoms with Crippen molar-refractivity contribution >= 4 is 39.2 Å². The van der Waals surface area contributed by atoms with E-state index in [1.165, 1.54) is 6.08 Å². The van der Waals surface area contributed by atoms with Gasteiger partial charge in [-0.2, -0.15) is 5.26 Å². The molecule has 19 heavy (non-hydrogen) atoms. The number of rotatable bonds is 3. The third kappa shape index (κ3) is 3.31. The summed E-state index contributed by atoms with van der Waals surface area (Å²) in [5, 5.41) is 8.88. The Labute approximate surface area is 124 Å². The van der Waals surface area contributed by atoms with E-state index >= 15 is 0 Å². The zero-order valence-corrected chi connectivity index (χ0v) is 12.2. The lowest BCUT2D eigenvalue weighted by Crippen LogP contribution is -2.09. The second-order valence-corrected chi connectivity index (χ2v) is 5.10. The third-order valence-corrected chi connectivity index (χ3v) is 3.18. The highest BCUT2D eigenvalue weighted by Gasteiger charge is 2.05. The van der Waals surface area contributed by atoms with E-state index in [9.17, 15) is 0 Å². The summed E-state index contributed by atoms with van der Waals surface area (Å²) < 4.78 is 6.64. The largest absolute Gasteiger partial charge is 0.457 e. The van der Waals surface area contributed by atoms with E-state index in [2.05, 4.69) is 15.9 Å². The molecule has 0 aliphatic carbocycles. The summed E-state index contributed by atoms with van der Waals surface area (Å²) in [5.74, 6) is 1.27. The molecule has 0 radical (unpaired) electrons. The molecule has 0 saturated carbocycles. The van der Waals surface area contributed by atoms with Crippen molar-refractivity contribution in [2.24, 2.45) is 5.73 Å². The molecule has 0 bridgehead atoms. The van der Waals surface area contributed by atoms with Gasteiger partial charge in [-0.25, -0.2) is 0 Å². The maximum atomic E-state index is 8.88. The molecule has 2 aromatic rings. The zero-order valence-electron chi connectivity index (χ0n) is 9.76. The third-order valence-electron chi connectivity index (χ3n) is 2.43. The second kappa shape index (κ2) is 5.83. The van der Waals surface area contributed by atoms with E-state index < -0.39 is 0 Å². The summed E-state index contributed by atoms with van der Waals surface area (Å²) in [6, 6.07) is 13.3. The predicted molar refractivity (Wildman–Crippen MR) is 82.2 cm³/mol. The van der Waals surface area contributed by atoms with Crippen LogP contribution in [-0.2, 0) is 0 Å². The molecule has 5 heteroatoms. The van der Waals surface area contributed by atoms with Crippen LogP contribution in [0.5, 0.6) is 0 Å². The Hall–Kier alpha value is -1.90. The topological polar surface area (TPSA) is 63.0 Å². The summed E-state index contributed by atoms with van der Waals surface area (Å²) >= 11 is 8.15. The summed E-state index contributed by atoms with van der Waals surface area (Å²) in [6.45, 7) is 0. The minimum absolute atomic E-state index is 0.0593. The van der Waals surface area contributed by atoms with Crippen molar-refractivity contribution < 1.29 is 4.42 Å². The summed E-state index contributed by atoms with van der Waals surface area (Å²) in [5.41, 5.74) is 6.61. The van der Waals surface area contributed by atoms with E-state index in [-0.39, 0.29) is 10.6 Å². The SMILES string of the molecule is N#C/C(=C/c1ccc(-c2ccc(Br)cc2)o1)C(N)=S. The monoisotopic (exact) mass is 332 g/mol. The number of nitriles is 1. The standard InChI is InChI=1S/C14H9BrN2OS/c15-11-3-1-9(2-4-11)13-6-5-12(18-13)7-10(8-16)14(17)19/h1-7H,(H2,17,19)/b10-7-. The van der Waals surface area contributed by atoms with Gasteiger partial charge in [0.1, 0.15) is 22.6 Å². The number of nitrogens with zero attached hydrogens (tertiary/aromatic N) is 1. The quantitative estimate of drug-likeness (QED) is 0.526. The van der Waals surface area contributed by atoms with E-state index in [1.54, 1.807) is 6.07 Å². The van der Waals surface area contributed by atoms with Gasteiger partial charge in [0.05, 0.1) is 5.57 Å². The number of halogens is 1. The Kier molecular flexibility index (Phi) is 4.15. The molecular formula is C14H9BrN2OS. The molecule has 2 rings (SSSR count). The van der Waals surface area contributed by atoms with Crippen LogP contribution in [0.15, 0.2) is 50.9 Å². The number of nitrogens with two attached hydrogens (primary N) is 1. The maximum Gasteiger partial charge on any atom is 0.134 e. The van der Waals surface area contributed by atoms with Crippen LogP contribution in [0.4, 0.5) is 0 Å². The minimum Gasteiger partial charge on any atom is -0.457 e. The molecule has 0 atom stereocenters. The van der Waals surface area contributed by atoms with Crippen molar-refractivity contribution in [3.63, 3.8) is 0 Å². The molecule has 0 aliphatic heterocycles. The van der Waals surface area contributed by atoms with Crippen molar-refractivity contribution in [1.29, 1.82) is 5.26 Å². The van der Waals surface area contributed by atoms with E-state index in [1.807, 2.05) is 36.4 Å². The highest BCUT2D eigenvalue weighted by molar-refractivity contribution is 9.10. The molecule has 0 amide bonds. The summed E-state index contributed by atoms with van der Waals surface area (Å²) in [4.78, 5) is 0.0593. The summed E-state index contributed by atoms with van der Waals surface area (Å²) in [6.07, 6.45) is 1.53. The Bertz CT molecular complexity index is 680. The highest BCUT2D eigenvalue weighted by atomic mass is 79.9. The van der Waals surface area contributed by atoms with Crippen molar-refractivity contribution in [3.8, 4) is 17.4 Å². The fourth-order valence-corrected chi connectivity index (χ4v) is 1.87. The average Bonchev–Trinajstić information content (AvgIpc) is 2.85. The van der Waals surface area contributed by atoms with Crippen LogP contribution in [0.3, 0.4) is 0 Å². The van der Waals surface area contributed by atoms with Gasteiger partial charge in [-0.3, -0.25) is 0 Å². The molecule has 2 N–H and O–H groups in total. The lowest BCUT2D eigenvalue weighted by Gasteiger charge is -1.97. The predicted octanol–water partition coefficient (Wildman–Crippen LogP) is 3.90. The molecule has 0 fully saturated rings. The van der Waals surface area contributed by atoms with E-state index in [0.29, 0.717) is 5.76 Å². The van der Waals surface area contributed by atoms with Crippen LogP contribution in [0, 0.1) is 11.3 Å². The fourth-order valence-electron chi connectivity index (χ4n) is 1.50. The van der Waals surface area contributed by atoms with Gasteiger partial charge < -0.3 is 10.2 Å². The van der Waals surface area contributed by atoms with Crippen molar-refractivity contribution in [2.45, 2.75) is 0 Å². The average molecular weight is 333 g/mol. The summed E-state index contributed by atoms with van der Waals surface area (Å²) in [7, 11) is 0. The van der Waals surface area contributed by atoms with Gasteiger partial charge in [-0.05, 0) is 24.3 Å². The first-order valence-corrected chi connectivity index (χ1v) is 6.57. The lowest BCUT2D eigenvalue weighted by atomic mass is 10.2. The second-order valence-electron chi connectivity index (χ2n) is 3.74. The van der Waals surface area contributed by atoms with Crippen molar-refractivity contribution in [1.82, 2.24) is 0 Å². The first-order valence-electron chi connectivity index (χ1n) is 5.37. The number of benzene rings is 1. The molecule has 0 spiro atoms. The molecular weight excluding hydrogens is 324 g/mol. The zero-order chi connectivity index (χ0) is 13.8. The highest BCUT2D eigenvalue weighted by Crippen LogP contribution is 2.24. The Morgan fingerprint density at radius 3 is 2.53 bits per heavy atom. The van der Waals surface area contributed by atoms with Gasteiger partial charge in [-0.15, -0.1) is 0 Å². The van der Waals surface area contributed by atoms with Gasteiger partial charge in [0.25, 0.3) is 0 Å². The van der Waals surface area contributed by atoms with Crippen LogP contribution in [-0.4, -0.2) is 4.99 Å². The molecule has 1 aromatic heterocycles. The smallest absolute Gasteiger partial charge is 0.134 e. The Balaban J connectivity index is 2.32. The van der Waals surface area contributed by atoms with E-state index in [4.69, 9.17) is 27.6 Å². The lowest BCUT2D eigenvalue weighted by molar-refractivity contribution is 0.571. The van der Waals surface area contributed by atoms with Gasteiger partial charge in [0.15, 0.2) is 0 Å². The van der Waals surface area contributed by atoms with Gasteiger partial charge in [0, 0.05) is 16.1 Å². The van der Waals surface area contributed by atoms with Crippen LogP contribution in [0.1, 0.15) is 5.76 Å². The van der Waals surface area contributed by atoms with Crippen LogP contribution in [0.2, 0.25) is 0 Å². The number of thiocarbonyl (C=S) groups is 1. The number of furan rings is 1. The molecule has 0 aliphatic rings. The number of hydrogen-bond donors (Lipinski definition) is 1. The first-order chi connectivity index (χ1) is 9.10. The Morgan fingerprint density at radius 1 is 1.26 bits per heavy atom. The van der Waals surface area contributed by atoms with Crippen molar-refractivity contribution in [2.75, 3.05) is 0 Å². The van der Waals surface area contributed by atoms with Crippen LogP contribution >= 0.6 is 28.1 Å². The first kappa shape index (κ1) is 13.5. The van der Waals surface area contributed by atoms with Crippen LogP contribution < -0.4 is 5.73 Å². The van der Waals surface area contributed by atoms with E-state index in [0.717, 1.165) is 15.8 Å². The molecule has 1 heterocycles. The number of hydrogen-bond acceptors (Lipinski definition) is 3. The Morgan fingerprint density at radius 2 is 1.95 bits per heavy atom. The molecule has 94 valence electrons. The molecule has 3 nitrogen and oxygen atoms in total. The molecule has 1 aromatic carbocycles. The fraction of sp³-hybridized carbons (Fsp3) is 0. The van der Waals surface area contributed by atoms with Crippen molar-refractivity contribution in [3.05, 3.63) is 52.2 Å². The molecule has 0 saturated heterocycles. The van der Waals surface area contributed by atoms with Gasteiger partial charge in [0.2, 0.25) is 0 Å². The normalized spacial score (nSPS) is 11.1. The van der Waals surface area contributed by atoms with Gasteiger partial charge in [-0.1, -0.05) is 40.3 Å². The van der Waals surface area contributed by atoms with Gasteiger partial charge >= 0.3 is 0 Å².